The molecule has 0 fully saturated rings. The van der Waals surface area contributed by atoms with E-state index >= 15 is 0 Å². The van der Waals surface area contributed by atoms with Gasteiger partial charge in [0.1, 0.15) is 0 Å². The highest BCUT2D eigenvalue weighted by Gasteiger charge is 2.04. The van der Waals surface area contributed by atoms with Gasteiger partial charge in [0.25, 0.3) is 5.69 Å². The fourth-order valence-corrected chi connectivity index (χ4v) is 1.43. The van der Waals surface area contributed by atoms with Crippen molar-refractivity contribution in [3.8, 4) is 0 Å². The van der Waals surface area contributed by atoms with E-state index in [1.165, 1.54) is 6.07 Å². The molecule has 0 aliphatic heterocycles. The van der Waals surface area contributed by atoms with E-state index in [4.69, 9.17) is 0 Å². The maximum Gasteiger partial charge on any atom is 0.270 e. The van der Waals surface area contributed by atoms with Gasteiger partial charge in [-0.25, -0.2) is 0 Å². The average Bonchev–Trinajstić information content (AvgIpc) is 2.26. The van der Waals surface area contributed by atoms with Crippen LogP contribution in [0.5, 0.6) is 0 Å². The Morgan fingerprint density at radius 3 is 2.82 bits per heavy atom. The molecule has 0 bridgehead atoms. The highest BCUT2D eigenvalue weighted by molar-refractivity contribution is 5.56. The Balaban J connectivity index is 2.76. The summed E-state index contributed by atoms with van der Waals surface area (Å²) in [4.78, 5) is 10.3. The maximum absolute atomic E-state index is 10.6. The Morgan fingerprint density at radius 2 is 2.24 bits per heavy atom. The van der Waals surface area contributed by atoms with E-state index in [0.29, 0.717) is 6.04 Å². The lowest BCUT2D eigenvalue weighted by atomic mass is 10.1. The second-order valence-corrected chi connectivity index (χ2v) is 4.38. The standard InChI is InChI=1S/C13H18N2O2/c1-10(2)14-9-11(3)7-12-5-4-6-13(8-12)15(16)17/h4-8,10,14H,9H2,1-3H3. The molecule has 1 rings (SSSR count). The van der Waals surface area contributed by atoms with Gasteiger partial charge < -0.3 is 5.32 Å². The minimum Gasteiger partial charge on any atom is -0.311 e. The summed E-state index contributed by atoms with van der Waals surface area (Å²) in [5.41, 5.74) is 2.14. The van der Waals surface area contributed by atoms with Crippen LogP contribution < -0.4 is 5.32 Å². The van der Waals surface area contributed by atoms with E-state index in [-0.39, 0.29) is 10.6 Å². The van der Waals surface area contributed by atoms with Gasteiger partial charge in [-0.05, 0) is 12.5 Å². The zero-order valence-electron chi connectivity index (χ0n) is 10.4. The smallest absolute Gasteiger partial charge is 0.270 e. The number of hydrogen-bond acceptors (Lipinski definition) is 3. The topological polar surface area (TPSA) is 55.2 Å². The average molecular weight is 234 g/mol. The molecule has 1 aromatic rings. The summed E-state index contributed by atoms with van der Waals surface area (Å²) in [5, 5.41) is 13.9. The quantitative estimate of drug-likeness (QED) is 0.629. The lowest BCUT2D eigenvalue weighted by molar-refractivity contribution is -0.384. The molecule has 0 aliphatic carbocycles. The van der Waals surface area contributed by atoms with Gasteiger partial charge in [-0.3, -0.25) is 10.1 Å². The van der Waals surface area contributed by atoms with Gasteiger partial charge in [0.05, 0.1) is 4.92 Å². The molecular formula is C13H18N2O2. The number of hydrogen-bond donors (Lipinski definition) is 1. The van der Waals surface area contributed by atoms with Crippen molar-refractivity contribution in [1.29, 1.82) is 0 Å². The van der Waals surface area contributed by atoms with Gasteiger partial charge in [-0.2, -0.15) is 0 Å². The Labute approximate surface area is 101 Å². The predicted octanol–water partition coefficient (Wildman–Crippen LogP) is 3.00. The first-order chi connectivity index (χ1) is 7.99. The summed E-state index contributed by atoms with van der Waals surface area (Å²) >= 11 is 0. The molecule has 0 amide bonds. The van der Waals surface area contributed by atoms with Crippen LogP contribution in [-0.2, 0) is 0 Å². The Hall–Kier alpha value is -1.68. The molecule has 0 unspecified atom stereocenters. The molecule has 0 radical (unpaired) electrons. The minimum atomic E-state index is -0.376. The van der Waals surface area contributed by atoms with Crippen LogP contribution in [0, 0.1) is 10.1 Å². The zero-order chi connectivity index (χ0) is 12.8. The first-order valence-electron chi connectivity index (χ1n) is 5.64. The van der Waals surface area contributed by atoms with Gasteiger partial charge in [-0.15, -0.1) is 0 Å². The van der Waals surface area contributed by atoms with Crippen molar-refractivity contribution in [3.05, 3.63) is 45.5 Å². The molecule has 0 aliphatic rings. The van der Waals surface area contributed by atoms with E-state index in [1.807, 2.05) is 19.1 Å². The van der Waals surface area contributed by atoms with Crippen molar-refractivity contribution in [3.63, 3.8) is 0 Å². The van der Waals surface area contributed by atoms with Crippen molar-refractivity contribution in [2.75, 3.05) is 6.54 Å². The van der Waals surface area contributed by atoms with Crippen LogP contribution in [0.4, 0.5) is 5.69 Å². The van der Waals surface area contributed by atoms with Crippen LogP contribution in [0.1, 0.15) is 26.3 Å². The molecule has 17 heavy (non-hydrogen) atoms. The number of nitrogens with one attached hydrogen (secondary N) is 1. The molecule has 0 saturated carbocycles. The van der Waals surface area contributed by atoms with E-state index in [0.717, 1.165) is 17.7 Å². The minimum absolute atomic E-state index is 0.128. The lowest BCUT2D eigenvalue weighted by Crippen LogP contribution is -2.24. The number of nitro benzene ring substituents is 1. The monoisotopic (exact) mass is 234 g/mol. The molecule has 1 aromatic carbocycles. The van der Waals surface area contributed by atoms with Gasteiger partial charge in [0.15, 0.2) is 0 Å². The van der Waals surface area contributed by atoms with E-state index in [2.05, 4.69) is 19.2 Å². The third-order valence-corrected chi connectivity index (χ3v) is 2.28. The highest BCUT2D eigenvalue weighted by Crippen LogP contribution is 2.15. The van der Waals surface area contributed by atoms with Crippen molar-refractivity contribution >= 4 is 11.8 Å². The van der Waals surface area contributed by atoms with Gasteiger partial charge in [0, 0.05) is 24.7 Å². The molecule has 4 nitrogen and oxygen atoms in total. The zero-order valence-corrected chi connectivity index (χ0v) is 10.4. The third kappa shape index (κ3) is 4.78. The second-order valence-electron chi connectivity index (χ2n) is 4.38. The molecule has 0 spiro atoms. The molecule has 0 heterocycles. The van der Waals surface area contributed by atoms with Crippen LogP contribution in [0.2, 0.25) is 0 Å². The summed E-state index contributed by atoms with van der Waals surface area (Å²) in [6.07, 6.45) is 1.96. The fraction of sp³-hybridized carbons (Fsp3) is 0.385. The normalized spacial score (nSPS) is 11.9. The Morgan fingerprint density at radius 1 is 1.53 bits per heavy atom. The summed E-state index contributed by atoms with van der Waals surface area (Å²) < 4.78 is 0. The molecule has 92 valence electrons. The molecule has 4 heteroatoms. The summed E-state index contributed by atoms with van der Waals surface area (Å²) in [7, 11) is 0. The van der Waals surface area contributed by atoms with E-state index in [9.17, 15) is 10.1 Å². The number of non-ortho nitro benzene ring substituents is 1. The molecular weight excluding hydrogens is 216 g/mol. The van der Waals surface area contributed by atoms with Crippen molar-refractivity contribution < 1.29 is 4.92 Å². The Bertz CT molecular complexity index is 425. The predicted molar refractivity (Wildman–Crippen MR) is 69.9 cm³/mol. The van der Waals surface area contributed by atoms with Gasteiger partial charge >= 0.3 is 0 Å². The second kappa shape index (κ2) is 6.15. The van der Waals surface area contributed by atoms with Gasteiger partial charge in [0.2, 0.25) is 0 Å². The van der Waals surface area contributed by atoms with Crippen molar-refractivity contribution in [2.45, 2.75) is 26.8 Å². The first kappa shape index (κ1) is 13.4. The molecule has 1 N–H and O–H groups in total. The SMILES string of the molecule is CC(=Cc1cccc([N+](=O)[O-])c1)CNC(C)C. The maximum atomic E-state index is 10.6. The number of nitrogens with zero attached hydrogens (tertiary/aromatic N) is 1. The van der Waals surface area contributed by atoms with E-state index < -0.39 is 0 Å². The van der Waals surface area contributed by atoms with Crippen molar-refractivity contribution in [2.24, 2.45) is 0 Å². The van der Waals surface area contributed by atoms with Gasteiger partial charge in [-0.1, -0.05) is 37.6 Å². The largest absolute Gasteiger partial charge is 0.311 e. The molecule has 0 saturated heterocycles. The van der Waals surface area contributed by atoms with Crippen molar-refractivity contribution in [1.82, 2.24) is 5.32 Å². The Kier molecular flexibility index (Phi) is 4.84. The molecule has 0 atom stereocenters. The number of nitro groups is 1. The summed E-state index contributed by atoms with van der Waals surface area (Å²) in [5.74, 6) is 0. The number of rotatable bonds is 5. The van der Waals surface area contributed by atoms with Crippen LogP contribution in [0.15, 0.2) is 29.8 Å². The molecule has 0 aromatic heterocycles. The summed E-state index contributed by atoms with van der Waals surface area (Å²) in [6, 6.07) is 7.08. The third-order valence-electron chi connectivity index (χ3n) is 2.28. The highest BCUT2D eigenvalue weighted by atomic mass is 16.6. The van der Waals surface area contributed by atoms with Crippen LogP contribution in [-0.4, -0.2) is 17.5 Å². The number of benzene rings is 1. The van der Waals surface area contributed by atoms with Crippen LogP contribution in [0.25, 0.3) is 6.08 Å². The summed E-state index contributed by atoms with van der Waals surface area (Å²) in [6.45, 7) is 6.97. The van der Waals surface area contributed by atoms with E-state index in [1.54, 1.807) is 12.1 Å². The first-order valence-corrected chi connectivity index (χ1v) is 5.64. The lowest BCUT2D eigenvalue weighted by Gasteiger charge is -2.08. The van der Waals surface area contributed by atoms with Crippen LogP contribution >= 0.6 is 0 Å². The van der Waals surface area contributed by atoms with Crippen LogP contribution in [0.3, 0.4) is 0 Å². The fourth-order valence-electron chi connectivity index (χ4n) is 1.43.